The van der Waals surface area contributed by atoms with Crippen molar-refractivity contribution in [1.82, 2.24) is 8.87 Å². The quantitative estimate of drug-likeness (QED) is 0.705. The SMILES string of the molecule is Cc1ccc(S(=O)(=O)N2CCn3cccc3[C@H]2c2ccc(F)cc2)cc1. The average molecular weight is 370 g/mol. The number of halogens is 1. The molecule has 6 heteroatoms. The van der Waals surface area contributed by atoms with Gasteiger partial charge in [-0.25, -0.2) is 12.8 Å². The van der Waals surface area contributed by atoms with Gasteiger partial charge in [0, 0.05) is 25.0 Å². The second-order valence-electron chi connectivity index (χ2n) is 6.51. The first-order chi connectivity index (χ1) is 12.5. The molecule has 134 valence electrons. The van der Waals surface area contributed by atoms with Crippen LogP contribution in [0.5, 0.6) is 0 Å². The van der Waals surface area contributed by atoms with Gasteiger partial charge in [-0.2, -0.15) is 4.31 Å². The first kappa shape index (κ1) is 17.0. The molecule has 0 amide bonds. The van der Waals surface area contributed by atoms with Gasteiger partial charge < -0.3 is 4.57 Å². The van der Waals surface area contributed by atoms with Crippen LogP contribution < -0.4 is 0 Å². The van der Waals surface area contributed by atoms with Gasteiger partial charge in [-0.05, 0) is 48.9 Å². The lowest BCUT2D eigenvalue weighted by molar-refractivity contribution is 0.298. The van der Waals surface area contributed by atoms with Crippen molar-refractivity contribution in [2.75, 3.05) is 6.54 Å². The summed E-state index contributed by atoms with van der Waals surface area (Å²) in [5.74, 6) is -0.340. The lowest BCUT2D eigenvalue weighted by Crippen LogP contribution is -2.42. The van der Waals surface area contributed by atoms with Gasteiger partial charge >= 0.3 is 0 Å². The van der Waals surface area contributed by atoms with Crippen LogP contribution in [-0.2, 0) is 16.6 Å². The minimum atomic E-state index is -3.68. The maximum absolute atomic E-state index is 13.4. The molecule has 0 unspecified atom stereocenters. The Morgan fingerprint density at radius 2 is 1.65 bits per heavy atom. The lowest BCUT2D eigenvalue weighted by atomic mass is 10.0. The normalized spacial score (nSPS) is 17.8. The Kier molecular flexibility index (Phi) is 4.17. The zero-order valence-corrected chi connectivity index (χ0v) is 15.2. The van der Waals surface area contributed by atoms with E-state index in [0.717, 1.165) is 16.8 Å². The zero-order valence-electron chi connectivity index (χ0n) is 14.3. The Morgan fingerprint density at radius 1 is 0.962 bits per heavy atom. The summed E-state index contributed by atoms with van der Waals surface area (Å²) in [4.78, 5) is 0.273. The Bertz CT molecular complexity index is 1020. The number of aryl methyl sites for hydroxylation is 1. The average Bonchev–Trinajstić information content (AvgIpc) is 3.11. The summed E-state index contributed by atoms with van der Waals surface area (Å²) in [5, 5.41) is 0. The maximum atomic E-state index is 13.4. The summed E-state index contributed by atoms with van der Waals surface area (Å²) in [6, 6.07) is 16.3. The van der Waals surface area contributed by atoms with Crippen LogP contribution in [0.4, 0.5) is 4.39 Å². The smallest absolute Gasteiger partial charge is 0.244 e. The van der Waals surface area contributed by atoms with Crippen LogP contribution in [-0.4, -0.2) is 23.8 Å². The van der Waals surface area contributed by atoms with Crippen molar-refractivity contribution in [1.29, 1.82) is 0 Å². The van der Waals surface area contributed by atoms with E-state index in [2.05, 4.69) is 4.57 Å². The molecule has 1 aromatic heterocycles. The standard InChI is InChI=1S/C20H19FN2O2S/c1-15-4-10-18(11-5-15)26(24,25)23-14-13-22-12-2-3-19(22)20(23)16-6-8-17(21)9-7-16/h2-12,20H,13-14H2,1H3/t20-/m1/s1. The third-order valence-electron chi connectivity index (χ3n) is 4.81. The fourth-order valence-electron chi connectivity index (χ4n) is 3.45. The largest absolute Gasteiger partial charge is 0.348 e. The van der Waals surface area contributed by atoms with E-state index in [1.165, 1.54) is 16.4 Å². The van der Waals surface area contributed by atoms with E-state index in [-0.39, 0.29) is 10.7 Å². The van der Waals surface area contributed by atoms with Gasteiger partial charge in [0.05, 0.1) is 10.9 Å². The molecule has 0 aliphatic carbocycles. The van der Waals surface area contributed by atoms with E-state index in [1.807, 2.05) is 25.3 Å². The van der Waals surface area contributed by atoms with Crippen molar-refractivity contribution in [3.63, 3.8) is 0 Å². The number of hydrogen-bond acceptors (Lipinski definition) is 2. The molecule has 0 radical (unpaired) electrons. The van der Waals surface area contributed by atoms with E-state index in [9.17, 15) is 12.8 Å². The minimum absolute atomic E-state index is 0.273. The topological polar surface area (TPSA) is 42.3 Å². The van der Waals surface area contributed by atoms with Crippen molar-refractivity contribution in [2.24, 2.45) is 0 Å². The van der Waals surface area contributed by atoms with Gasteiger partial charge in [0.1, 0.15) is 5.82 Å². The van der Waals surface area contributed by atoms with E-state index < -0.39 is 16.1 Å². The summed E-state index contributed by atoms with van der Waals surface area (Å²) in [5.41, 5.74) is 2.65. The predicted molar refractivity (Wildman–Crippen MR) is 97.7 cm³/mol. The monoisotopic (exact) mass is 370 g/mol. The predicted octanol–water partition coefficient (Wildman–Crippen LogP) is 3.73. The number of sulfonamides is 1. The van der Waals surface area contributed by atoms with Crippen molar-refractivity contribution < 1.29 is 12.8 Å². The van der Waals surface area contributed by atoms with Crippen LogP contribution in [0.15, 0.2) is 71.8 Å². The molecular weight excluding hydrogens is 351 g/mol. The Hall–Kier alpha value is -2.44. The molecular formula is C20H19FN2O2S. The number of fused-ring (bicyclic) bond motifs is 1. The third kappa shape index (κ3) is 2.85. The van der Waals surface area contributed by atoms with E-state index in [1.54, 1.807) is 36.4 Å². The summed E-state index contributed by atoms with van der Waals surface area (Å²) in [6.45, 7) is 2.87. The molecule has 26 heavy (non-hydrogen) atoms. The second-order valence-corrected chi connectivity index (χ2v) is 8.40. The zero-order chi connectivity index (χ0) is 18.3. The number of benzene rings is 2. The van der Waals surface area contributed by atoms with Crippen molar-refractivity contribution in [3.05, 3.63) is 89.5 Å². The van der Waals surface area contributed by atoms with Gasteiger partial charge in [0.2, 0.25) is 10.0 Å². The van der Waals surface area contributed by atoms with Crippen LogP contribution in [0.3, 0.4) is 0 Å². The number of nitrogens with zero attached hydrogens (tertiary/aromatic N) is 2. The Morgan fingerprint density at radius 3 is 2.35 bits per heavy atom. The van der Waals surface area contributed by atoms with Gasteiger partial charge in [0.15, 0.2) is 0 Å². The fourth-order valence-corrected chi connectivity index (χ4v) is 5.03. The number of rotatable bonds is 3. The highest BCUT2D eigenvalue weighted by atomic mass is 32.2. The summed E-state index contributed by atoms with van der Waals surface area (Å²) >= 11 is 0. The number of aromatic nitrogens is 1. The highest BCUT2D eigenvalue weighted by molar-refractivity contribution is 7.89. The number of hydrogen-bond donors (Lipinski definition) is 0. The van der Waals surface area contributed by atoms with E-state index in [0.29, 0.717) is 13.1 Å². The summed E-state index contributed by atoms with van der Waals surface area (Å²) in [7, 11) is -3.68. The summed E-state index contributed by atoms with van der Waals surface area (Å²) in [6.07, 6.45) is 1.95. The van der Waals surface area contributed by atoms with Gasteiger partial charge in [-0.3, -0.25) is 0 Å². The molecule has 0 N–H and O–H groups in total. The highest BCUT2D eigenvalue weighted by Gasteiger charge is 2.37. The lowest BCUT2D eigenvalue weighted by Gasteiger charge is -2.36. The molecule has 0 bridgehead atoms. The van der Waals surface area contributed by atoms with Gasteiger partial charge in [0.25, 0.3) is 0 Å². The van der Waals surface area contributed by atoms with Crippen LogP contribution in [0, 0.1) is 12.7 Å². The molecule has 4 nitrogen and oxygen atoms in total. The molecule has 0 fully saturated rings. The van der Waals surface area contributed by atoms with Crippen molar-refractivity contribution >= 4 is 10.0 Å². The fraction of sp³-hybridized carbons (Fsp3) is 0.200. The van der Waals surface area contributed by atoms with Gasteiger partial charge in [-0.15, -0.1) is 0 Å². The van der Waals surface area contributed by atoms with Crippen LogP contribution in [0.1, 0.15) is 22.9 Å². The molecule has 0 saturated heterocycles. The molecule has 0 saturated carbocycles. The van der Waals surface area contributed by atoms with Crippen LogP contribution >= 0.6 is 0 Å². The minimum Gasteiger partial charge on any atom is -0.348 e. The van der Waals surface area contributed by atoms with Crippen LogP contribution in [0.25, 0.3) is 0 Å². The molecule has 4 rings (SSSR count). The summed E-state index contributed by atoms with van der Waals surface area (Å²) < 4.78 is 43.6. The first-order valence-electron chi connectivity index (χ1n) is 8.46. The molecule has 1 aliphatic heterocycles. The maximum Gasteiger partial charge on any atom is 0.244 e. The van der Waals surface area contributed by atoms with E-state index in [4.69, 9.17) is 0 Å². The van der Waals surface area contributed by atoms with Gasteiger partial charge in [-0.1, -0.05) is 29.8 Å². The van der Waals surface area contributed by atoms with Crippen LogP contribution in [0.2, 0.25) is 0 Å². The molecule has 2 heterocycles. The highest BCUT2D eigenvalue weighted by Crippen LogP contribution is 2.36. The second kappa shape index (κ2) is 6.37. The molecule has 1 aliphatic rings. The Labute approximate surface area is 152 Å². The molecule has 3 aromatic rings. The molecule has 2 aromatic carbocycles. The third-order valence-corrected chi connectivity index (χ3v) is 6.69. The molecule has 1 atom stereocenters. The molecule has 0 spiro atoms. The first-order valence-corrected chi connectivity index (χ1v) is 9.90. The Balaban J connectivity index is 1.83. The van der Waals surface area contributed by atoms with Crippen molar-refractivity contribution in [2.45, 2.75) is 24.4 Å². The van der Waals surface area contributed by atoms with Crippen molar-refractivity contribution in [3.8, 4) is 0 Å². The van der Waals surface area contributed by atoms with E-state index >= 15 is 0 Å².